The van der Waals surface area contributed by atoms with Crippen LogP contribution in [-0.2, 0) is 0 Å². The first-order valence-corrected chi connectivity index (χ1v) is 9.38. The van der Waals surface area contributed by atoms with Crippen molar-refractivity contribution in [1.82, 2.24) is 5.32 Å². The molecule has 4 aromatic carbocycles. The minimum atomic E-state index is -0.628. The van der Waals surface area contributed by atoms with Gasteiger partial charge in [0.15, 0.2) is 0 Å². The normalized spacial score (nSPS) is 15.1. The van der Waals surface area contributed by atoms with Crippen LogP contribution in [0.1, 0.15) is 41.4 Å². The molecule has 0 aliphatic carbocycles. The molecule has 0 spiro atoms. The highest BCUT2D eigenvalue weighted by Crippen LogP contribution is 2.38. The maximum Gasteiger partial charge on any atom is 0.266 e. The molecule has 4 aromatic rings. The minimum Gasteiger partial charge on any atom is -0.288 e. The van der Waals surface area contributed by atoms with Gasteiger partial charge in [0.2, 0.25) is 0 Å². The molecule has 30 heavy (non-hydrogen) atoms. The van der Waals surface area contributed by atoms with Crippen LogP contribution >= 0.6 is 0 Å². The molecule has 142 valence electrons. The van der Waals surface area contributed by atoms with Crippen LogP contribution in [0.2, 0.25) is 0 Å². The summed E-state index contributed by atoms with van der Waals surface area (Å²) in [5.41, 5.74) is 1.45. The van der Waals surface area contributed by atoms with Gasteiger partial charge in [0.05, 0.1) is 11.3 Å². The first-order valence-electron chi connectivity index (χ1n) is 9.38. The zero-order chi connectivity index (χ0) is 20.6. The van der Waals surface area contributed by atoms with Crippen LogP contribution in [0.3, 0.4) is 0 Å². The molecule has 2 aliphatic rings. The average molecular weight is 392 g/mol. The van der Waals surface area contributed by atoms with Crippen LogP contribution in [0.15, 0.2) is 66.7 Å². The van der Waals surface area contributed by atoms with Crippen molar-refractivity contribution in [2.45, 2.75) is 0 Å². The summed E-state index contributed by atoms with van der Waals surface area (Å²) in [7, 11) is 0. The number of rotatable bonds is 1. The molecule has 1 N–H and O–H groups in total. The lowest BCUT2D eigenvalue weighted by Gasteiger charge is -2.30. The summed E-state index contributed by atoms with van der Waals surface area (Å²) in [6.07, 6.45) is 0. The van der Waals surface area contributed by atoms with Crippen molar-refractivity contribution in [2.24, 2.45) is 0 Å². The SMILES string of the molecule is O=C1NC(=O)c2c(N3C(=O)c4cccc5cccc(c45)C3=O)ccc3cccc1c23. The highest BCUT2D eigenvalue weighted by atomic mass is 16.2. The molecular formula is C24H12N2O4. The van der Waals surface area contributed by atoms with Crippen molar-refractivity contribution in [2.75, 3.05) is 4.90 Å². The van der Waals surface area contributed by atoms with Crippen molar-refractivity contribution in [3.63, 3.8) is 0 Å². The van der Waals surface area contributed by atoms with Crippen molar-refractivity contribution in [3.05, 3.63) is 89.0 Å². The van der Waals surface area contributed by atoms with Crippen molar-refractivity contribution in [3.8, 4) is 0 Å². The minimum absolute atomic E-state index is 0.149. The monoisotopic (exact) mass is 392 g/mol. The number of benzene rings is 4. The number of amides is 4. The van der Waals surface area contributed by atoms with Gasteiger partial charge in [-0.25, -0.2) is 4.90 Å². The number of hydrogen-bond acceptors (Lipinski definition) is 4. The Balaban J connectivity index is 1.68. The van der Waals surface area contributed by atoms with Crippen LogP contribution in [0.5, 0.6) is 0 Å². The van der Waals surface area contributed by atoms with Crippen molar-refractivity contribution in [1.29, 1.82) is 0 Å². The Labute approximate surface area is 169 Å². The second kappa shape index (κ2) is 5.61. The quantitative estimate of drug-likeness (QED) is 0.501. The van der Waals surface area contributed by atoms with E-state index in [-0.39, 0.29) is 11.3 Å². The predicted molar refractivity (Wildman–Crippen MR) is 111 cm³/mol. The molecule has 2 aliphatic heterocycles. The first-order chi connectivity index (χ1) is 14.6. The van der Waals surface area contributed by atoms with E-state index in [4.69, 9.17) is 0 Å². The molecule has 0 atom stereocenters. The smallest absolute Gasteiger partial charge is 0.266 e. The van der Waals surface area contributed by atoms with Gasteiger partial charge >= 0.3 is 0 Å². The fourth-order valence-electron chi connectivity index (χ4n) is 4.46. The van der Waals surface area contributed by atoms with Crippen LogP contribution in [0.25, 0.3) is 21.5 Å². The third kappa shape index (κ3) is 1.97. The predicted octanol–water partition coefficient (Wildman–Crippen LogP) is 3.68. The molecule has 2 heterocycles. The molecule has 0 saturated carbocycles. The van der Waals surface area contributed by atoms with E-state index in [1.807, 2.05) is 12.1 Å². The number of hydrogen-bond donors (Lipinski definition) is 1. The Morgan fingerprint density at radius 2 is 1.13 bits per heavy atom. The summed E-state index contributed by atoms with van der Waals surface area (Å²) in [5, 5.41) is 4.87. The summed E-state index contributed by atoms with van der Waals surface area (Å²) in [6.45, 7) is 0. The standard InChI is InChI=1S/C24H12N2O4/c27-21-14-7-1-6-13-10-11-17(20(19(13)14)22(28)25-21)26-23(29)15-8-2-4-12-5-3-9-16(18(12)15)24(26)30/h1-11H,(H,25,27,28). The summed E-state index contributed by atoms with van der Waals surface area (Å²) < 4.78 is 0. The lowest BCUT2D eigenvalue weighted by molar-refractivity contribution is 0.0845. The Kier molecular flexibility index (Phi) is 3.11. The van der Waals surface area contributed by atoms with E-state index >= 15 is 0 Å². The zero-order valence-corrected chi connectivity index (χ0v) is 15.4. The molecule has 0 radical (unpaired) electrons. The van der Waals surface area contributed by atoms with Crippen molar-refractivity contribution >= 4 is 50.9 Å². The van der Waals surface area contributed by atoms with Gasteiger partial charge in [-0.2, -0.15) is 0 Å². The highest BCUT2D eigenvalue weighted by Gasteiger charge is 2.38. The molecule has 0 unspecified atom stereocenters. The van der Waals surface area contributed by atoms with Gasteiger partial charge in [0.25, 0.3) is 23.6 Å². The van der Waals surface area contributed by atoms with Gasteiger partial charge in [-0.1, -0.05) is 42.5 Å². The van der Waals surface area contributed by atoms with Gasteiger partial charge in [0, 0.05) is 27.5 Å². The Hall–Kier alpha value is -4.32. The zero-order valence-electron chi connectivity index (χ0n) is 15.4. The van der Waals surface area contributed by atoms with Crippen LogP contribution < -0.4 is 10.2 Å². The second-order valence-corrected chi connectivity index (χ2v) is 7.30. The third-order valence-corrected chi connectivity index (χ3v) is 5.73. The van der Waals surface area contributed by atoms with E-state index in [1.165, 1.54) is 0 Å². The third-order valence-electron chi connectivity index (χ3n) is 5.73. The highest BCUT2D eigenvalue weighted by molar-refractivity contribution is 6.38. The topological polar surface area (TPSA) is 83.6 Å². The maximum atomic E-state index is 13.4. The Morgan fingerprint density at radius 1 is 0.567 bits per heavy atom. The Morgan fingerprint density at radius 3 is 1.77 bits per heavy atom. The molecule has 0 saturated heterocycles. The lowest BCUT2D eigenvalue weighted by atomic mass is 9.90. The van der Waals surface area contributed by atoms with E-state index in [2.05, 4.69) is 5.32 Å². The van der Waals surface area contributed by atoms with Crippen molar-refractivity contribution < 1.29 is 19.2 Å². The second-order valence-electron chi connectivity index (χ2n) is 7.30. The summed E-state index contributed by atoms with van der Waals surface area (Å²) in [4.78, 5) is 53.0. The van der Waals surface area contributed by atoms with Gasteiger partial charge in [-0.3, -0.25) is 24.5 Å². The summed E-state index contributed by atoms with van der Waals surface area (Å²) >= 11 is 0. The number of nitrogens with zero attached hydrogens (tertiary/aromatic N) is 1. The molecule has 6 nitrogen and oxygen atoms in total. The van der Waals surface area contributed by atoms with Gasteiger partial charge in [-0.05, 0) is 35.0 Å². The van der Waals surface area contributed by atoms with Gasteiger partial charge in [0.1, 0.15) is 0 Å². The number of imide groups is 2. The molecule has 0 fully saturated rings. The molecule has 6 heteroatoms. The summed E-state index contributed by atoms with van der Waals surface area (Å²) in [6, 6.07) is 19.0. The van der Waals surface area contributed by atoms with Gasteiger partial charge < -0.3 is 0 Å². The first kappa shape index (κ1) is 16.6. The van der Waals surface area contributed by atoms with Crippen LogP contribution in [-0.4, -0.2) is 23.6 Å². The molecule has 4 amide bonds. The number of anilines is 1. The fraction of sp³-hybridized carbons (Fsp3) is 0. The van der Waals surface area contributed by atoms with E-state index in [9.17, 15) is 19.2 Å². The van der Waals surface area contributed by atoms with Gasteiger partial charge in [-0.15, -0.1) is 0 Å². The maximum absolute atomic E-state index is 13.4. The molecule has 6 rings (SSSR count). The average Bonchev–Trinajstić information content (AvgIpc) is 2.76. The van der Waals surface area contributed by atoms with Crippen LogP contribution in [0.4, 0.5) is 5.69 Å². The fourth-order valence-corrected chi connectivity index (χ4v) is 4.46. The largest absolute Gasteiger partial charge is 0.288 e. The molecule has 0 aromatic heterocycles. The number of carbonyl (C=O) groups is 4. The molecular weight excluding hydrogens is 380 g/mol. The molecule has 0 bridgehead atoms. The van der Waals surface area contributed by atoms with E-state index in [0.717, 1.165) is 10.3 Å². The van der Waals surface area contributed by atoms with Crippen LogP contribution in [0, 0.1) is 0 Å². The summed E-state index contributed by atoms with van der Waals surface area (Å²) in [5.74, 6) is -2.12. The van der Waals surface area contributed by atoms with E-state index in [0.29, 0.717) is 32.8 Å². The van der Waals surface area contributed by atoms with E-state index in [1.54, 1.807) is 54.6 Å². The Bertz CT molecular complexity index is 1450. The van der Waals surface area contributed by atoms with E-state index < -0.39 is 23.6 Å². The lowest BCUT2D eigenvalue weighted by Crippen LogP contribution is -2.43. The number of carbonyl (C=O) groups excluding carboxylic acids is 4. The number of nitrogens with one attached hydrogen (secondary N) is 1.